The maximum Gasteiger partial charge on any atom is 0.210 e. The number of aromatic nitrogens is 1. The molecule has 1 atom stereocenters. The van der Waals surface area contributed by atoms with Gasteiger partial charge in [-0.05, 0) is 36.8 Å². The molecule has 1 unspecified atom stereocenters. The lowest BCUT2D eigenvalue weighted by atomic mass is 9.92. The number of benzene rings is 1. The fourth-order valence-electron chi connectivity index (χ4n) is 3.09. The fraction of sp³-hybridized carbons (Fsp3) is 0.211. The highest BCUT2D eigenvalue weighted by Crippen LogP contribution is 2.51. The van der Waals surface area contributed by atoms with Gasteiger partial charge in [0.25, 0.3) is 0 Å². The number of nitrogens with two attached hydrogens (primary N) is 1. The second-order valence-corrected chi connectivity index (χ2v) is 9.55. The van der Waals surface area contributed by atoms with Gasteiger partial charge in [0.05, 0.1) is 16.3 Å². The van der Waals surface area contributed by atoms with E-state index < -0.39 is 39.5 Å². The van der Waals surface area contributed by atoms with Gasteiger partial charge < -0.3 is 5.73 Å². The van der Waals surface area contributed by atoms with Crippen LogP contribution < -0.4 is 5.73 Å². The molecule has 1 aliphatic rings. The predicted octanol–water partition coefficient (Wildman–Crippen LogP) is 4.49. The molecule has 0 aliphatic carbocycles. The van der Waals surface area contributed by atoms with Crippen LogP contribution in [0.5, 0.6) is 0 Å². The van der Waals surface area contributed by atoms with E-state index >= 15 is 0 Å². The van der Waals surface area contributed by atoms with E-state index in [2.05, 4.69) is 9.98 Å². The lowest BCUT2D eigenvalue weighted by Gasteiger charge is -2.49. The maximum absolute atomic E-state index is 14.7. The van der Waals surface area contributed by atoms with E-state index in [1.807, 2.05) is 6.07 Å². The van der Waals surface area contributed by atoms with Crippen molar-refractivity contribution >= 4 is 40.2 Å². The smallest absolute Gasteiger partial charge is 0.210 e. The molecule has 2 aromatic rings. The quantitative estimate of drug-likeness (QED) is 0.606. The van der Waals surface area contributed by atoms with Gasteiger partial charge in [-0.15, -0.1) is 10.8 Å². The van der Waals surface area contributed by atoms with Crippen LogP contribution in [0, 0.1) is 23.0 Å². The molecule has 0 fully saturated rings. The monoisotopic (exact) mass is 471 g/mol. The molecule has 7 nitrogen and oxygen atoms in total. The second kappa shape index (κ2) is 8.05. The lowest BCUT2D eigenvalue weighted by molar-refractivity contribution is 0.386. The van der Waals surface area contributed by atoms with E-state index in [0.29, 0.717) is 0 Å². The SMILES string of the molecule is CN1C(N)=NC(C)(c2cc(C=C(F)c3ncc(C#N)cc3Cl)cc(F)c2F)CS1(O)O. The third-order valence-corrected chi connectivity index (χ3v) is 7.02. The molecule has 0 saturated carbocycles. The Morgan fingerprint density at radius 3 is 2.65 bits per heavy atom. The van der Waals surface area contributed by atoms with Crippen molar-refractivity contribution in [2.45, 2.75) is 12.5 Å². The van der Waals surface area contributed by atoms with E-state index in [1.165, 1.54) is 20.0 Å². The Morgan fingerprint density at radius 2 is 2.06 bits per heavy atom. The van der Waals surface area contributed by atoms with Crippen LogP contribution in [0.2, 0.25) is 5.02 Å². The van der Waals surface area contributed by atoms with Crippen LogP contribution in [0.25, 0.3) is 11.9 Å². The summed E-state index contributed by atoms with van der Waals surface area (Å²) in [5.41, 5.74) is 3.54. The number of nitrogens with zero attached hydrogens (tertiary/aromatic N) is 4. The molecular weight excluding hydrogens is 455 g/mol. The van der Waals surface area contributed by atoms with Crippen molar-refractivity contribution in [3.63, 3.8) is 0 Å². The standard InChI is InChI=1S/C19H17ClF3N5O2S/c1-19(9-31(29,30)28(2)18(25)27-19)12-3-10(5-14(21)16(12)23)6-15(22)17-13(20)4-11(7-24)8-26-17/h3-6,8,29-30H,9H2,1-2H3,(H2,25,27). The van der Waals surface area contributed by atoms with Gasteiger partial charge in [0, 0.05) is 18.8 Å². The van der Waals surface area contributed by atoms with Gasteiger partial charge in [-0.1, -0.05) is 11.6 Å². The van der Waals surface area contributed by atoms with E-state index in [-0.39, 0.29) is 33.4 Å². The molecule has 4 N–H and O–H groups in total. The van der Waals surface area contributed by atoms with Gasteiger partial charge in [0.2, 0.25) is 5.96 Å². The minimum Gasteiger partial charge on any atom is -0.369 e. The van der Waals surface area contributed by atoms with Crippen molar-refractivity contribution in [2.24, 2.45) is 10.7 Å². The maximum atomic E-state index is 14.7. The number of guanidine groups is 1. The summed E-state index contributed by atoms with van der Waals surface area (Å²) in [7, 11) is -2.13. The molecule has 0 amide bonds. The topological polar surface area (TPSA) is 119 Å². The summed E-state index contributed by atoms with van der Waals surface area (Å²) < 4.78 is 65.3. The fourth-order valence-corrected chi connectivity index (χ4v) is 4.86. The highest BCUT2D eigenvalue weighted by Gasteiger charge is 2.42. The van der Waals surface area contributed by atoms with Gasteiger partial charge in [-0.3, -0.25) is 14.1 Å². The molecule has 2 heterocycles. The van der Waals surface area contributed by atoms with Crippen LogP contribution in [0.15, 0.2) is 29.4 Å². The summed E-state index contributed by atoms with van der Waals surface area (Å²) in [6, 6.07) is 4.93. The zero-order chi connectivity index (χ0) is 23.1. The molecule has 164 valence electrons. The summed E-state index contributed by atoms with van der Waals surface area (Å²) in [4.78, 5) is 7.89. The van der Waals surface area contributed by atoms with E-state index in [9.17, 15) is 22.3 Å². The number of pyridine rings is 1. The average Bonchev–Trinajstić information content (AvgIpc) is 2.68. The molecule has 0 radical (unpaired) electrons. The number of halogens is 4. The summed E-state index contributed by atoms with van der Waals surface area (Å²) in [5, 5.41) is 8.71. The van der Waals surface area contributed by atoms with Gasteiger partial charge in [0.15, 0.2) is 17.5 Å². The Balaban J connectivity index is 2.10. The van der Waals surface area contributed by atoms with Gasteiger partial charge in [-0.2, -0.15) is 5.26 Å². The van der Waals surface area contributed by atoms with Crippen molar-refractivity contribution in [3.8, 4) is 6.07 Å². The van der Waals surface area contributed by atoms with Crippen molar-refractivity contribution in [1.29, 1.82) is 5.26 Å². The van der Waals surface area contributed by atoms with Gasteiger partial charge in [-0.25, -0.2) is 22.5 Å². The first-order chi connectivity index (χ1) is 14.4. The average molecular weight is 472 g/mol. The van der Waals surface area contributed by atoms with Gasteiger partial charge in [0.1, 0.15) is 17.3 Å². The van der Waals surface area contributed by atoms with Crippen LogP contribution in [0.4, 0.5) is 13.2 Å². The van der Waals surface area contributed by atoms with Crippen LogP contribution in [-0.2, 0) is 5.54 Å². The number of hydrogen-bond acceptors (Lipinski definition) is 7. The zero-order valence-corrected chi connectivity index (χ0v) is 17.8. The summed E-state index contributed by atoms with van der Waals surface area (Å²) in [6.07, 6.45) is 2.00. The number of rotatable bonds is 3. The number of nitriles is 1. The van der Waals surface area contributed by atoms with Crippen molar-refractivity contribution in [1.82, 2.24) is 9.29 Å². The minimum absolute atomic E-state index is 0.0842. The number of aliphatic imine (C=N–C) groups is 1. The van der Waals surface area contributed by atoms with Crippen molar-refractivity contribution < 1.29 is 22.3 Å². The molecule has 0 saturated heterocycles. The summed E-state index contributed by atoms with van der Waals surface area (Å²) in [6.45, 7) is 1.36. The minimum atomic E-state index is -3.44. The third-order valence-electron chi connectivity index (χ3n) is 4.72. The van der Waals surface area contributed by atoms with Crippen molar-refractivity contribution in [2.75, 3.05) is 12.8 Å². The molecular formula is C19H17ClF3N5O2S. The van der Waals surface area contributed by atoms with Crippen LogP contribution in [0.1, 0.15) is 29.3 Å². The largest absolute Gasteiger partial charge is 0.369 e. The van der Waals surface area contributed by atoms with Gasteiger partial charge >= 0.3 is 0 Å². The van der Waals surface area contributed by atoms with Crippen LogP contribution in [0.3, 0.4) is 0 Å². The molecule has 0 spiro atoms. The molecule has 12 heteroatoms. The molecule has 3 rings (SSSR count). The van der Waals surface area contributed by atoms with E-state index in [0.717, 1.165) is 28.7 Å². The van der Waals surface area contributed by atoms with Crippen LogP contribution >= 0.6 is 22.4 Å². The summed E-state index contributed by atoms with van der Waals surface area (Å²) >= 11 is 5.94. The predicted molar refractivity (Wildman–Crippen MR) is 114 cm³/mol. The Kier molecular flexibility index (Phi) is 5.94. The van der Waals surface area contributed by atoms with Crippen molar-refractivity contribution in [3.05, 3.63) is 63.4 Å². The Bertz CT molecular complexity index is 1170. The first kappa shape index (κ1) is 22.9. The normalized spacial score (nSPS) is 22.0. The Hall–Kier alpha value is -2.78. The number of hydrogen-bond donors (Lipinski definition) is 3. The van der Waals surface area contributed by atoms with Crippen LogP contribution in [-0.4, -0.2) is 37.2 Å². The van der Waals surface area contributed by atoms with E-state index in [4.69, 9.17) is 22.6 Å². The zero-order valence-electron chi connectivity index (χ0n) is 16.3. The Labute approximate surface area is 182 Å². The Morgan fingerprint density at radius 1 is 1.39 bits per heavy atom. The molecule has 1 aromatic heterocycles. The first-order valence-electron chi connectivity index (χ1n) is 8.66. The lowest BCUT2D eigenvalue weighted by Crippen LogP contribution is -2.48. The molecule has 1 aliphatic heterocycles. The highest BCUT2D eigenvalue weighted by molar-refractivity contribution is 8.22. The molecule has 1 aromatic carbocycles. The highest BCUT2D eigenvalue weighted by atomic mass is 35.5. The third kappa shape index (κ3) is 4.33. The molecule has 31 heavy (non-hydrogen) atoms. The van der Waals surface area contributed by atoms with E-state index in [1.54, 1.807) is 0 Å². The molecule has 0 bridgehead atoms. The summed E-state index contributed by atoms with van der Waals surface area (Å²) in [5.74, 6) is -4.24. The second-order valence-electron chi connectivity index (χ2n) is 7.04. The first-order valence-corrected chi connectivity index (χ1v) is 10.7.